The first kappa shape index (κ1) is 35.9. The summed E-state index contributed by atoms with van der Waals surface area (Å²) in [4.78, 5) is 9.27. The maximum atomic E-state index is 4.74. The van der Waals surface area contributed by atoms with Gasteiger partial charge in [-0.1, -0.05) is 89.0 Å². The summed E-state index contributed by atoms with van der Waals surface area (Å²) in [5.74, 6) is 7.61. The molecule has 0 saturated carbocycles. The number of hydrogen-bond acceptors (Lipinski definition) is 3. The van der Waals surface area contributed by atoms with E-state index in [1.807, 2.05) is 48.0 Å². The second-order valence-electron chi connectivity index (χ2n) is 13.7. The molecule has 0 unspecified atom stereocenters. The van der Waals surface area contributed by atoms with Crippen LogP contribution in [0, 0.1) is 32.9 Å². The topological polar surface area (TPSA) is 25.8 Å². The Morgan fingerprint density at radius 2 is 1.50 bits per heavy atom. The van der Waals surface area contributed by atoms with Crippen LogP contribution in [0.1, 0.15) is 42.0 Å². The van der Waals surface area contributed by atoms with Gasteiger partial charge >= 0.3 is 99.8 Å². The number of hydrogen-bond donors (Lipinski definition) is 0. The average molecular weight is 884 g/mol. The standard InChI is InChI=1S/C29H26NS.C14H16GeN.Ir/c1-17(2)21-12-13-30-25(16-21)22-10-11-24(27-19(4)14-18(3)15-20(27)5)28-23-8-6-7-9-26(23)31-29(22)28;1-15(2,3)13-9-10-14(16-11-13)12-7-5-4-6-8-12;/h6-9,11-17H,1-5H3;4-7,9-11H,1-3H3;/q2*-1;. The predicted molar refractivity (Wildman–Crippen MR) is 207 cm³/mol. The van der Waals surface area contributed by atoms with Gasteiger partial charge in [-0.25, -0.2) is 0 Å². The molecule has 0 N–H and O–H groups in total. The first-order valence-electron chi connectivity index (χ1n) is 16.4. The molecule has 0 aliphatic carbocycles. The molecule has 5 heteroatoms. The van der Waals surface area contributed by atoms with Crippen molar-refractivity contribution in [2.24, 2.45) is 0 Å². The van der Waals surface area contributed by atoms with E-state index in [2.05, 4.69) is 136 Å². The Labute approximate surface area is 306 Å². The van der Waals surface area contributed by atoms with Crippen molar-refractivity contribution in [2.45, 2.75) is 57.8 Å². The molecule has 7 rings (SSSR count). The molecule has 0 amide bonds. The zero-order valence-electron chi connectivity index (χ0n) is 29.0. The van der Waals surface area contributed by atoms with Crippen LogP contribution in [-0.4, -0.2) is 23.2 Å². The molecule has 2 nitrogen and oxygen atoms in total. The van der Waals surface area contributed by atoms with Crippen molar-refractivity contribution in [3.63, 3.8) is 0 Å². The minimum Gasteiger partial charge on any atom is 0 e. The van der Waals surface area contributed by atoms with Gasteiger partial charge in [0.1, 0.15) is 0 Å². The van der Waals surface area contributed by atoms with Gasteiger partial charge in [0.25, 0.3) is 0 Å². The third-order valence-electron chi connectivity index (χ3n) is 8.72. The Morgan fingerprint density at radius 1 is 0.771 bits per heavy atom. The second kappa shape index (κ2) is 15.0. The number of thiophene rings is 1. The summed E-state index contributed by atoms with van der Waals surface area (Å²) in [6.07, 6.45) is 3.97. The Kier molecular flexibility index (Phi) is 11.2. The zero-order chi connectivity index (χ0) is 33.3. The molecular formula is C43H42GeIrN2S-2. The normalized spacial score (nSPS) is 11.4. The van der Waals surface area contributed by atoms with E-state index in [4.69, 9.17) is 4.98 Å². The summed E-state index contributed by atoms with van der Waals surface area (Å²) in [6, 6.07) is 39.0. The molecule has 0 spiro atoms. The molecule has 48 heavy (non-hydrogen) atoms. The first-order valence-corrected chi connectivity index (χ1v) is 24.5. The molecule has 7 aromatic rings. The van der Waals surface area contributed by atoms with E-state index in [0.717, 1.165) is 22.5 Å². The number of benzene rings is 4. The van der Waals surface area contributed by atoms with E-state index in [9.17, 15) is 0 Å². The van der Waals surface area contributed by atoms with Crippen LogP contribution >= 0.6 is 11.3 Å². The Bertz CT molecular complexity index is 2160. The fraction of sp³-hybridized carbons (Fsp3) is 0.209. The maximum absolute atomic E-state index is 4.74. The number of rotatable bonds is 5. The number of aromatic nitrogens is 2. The van der Waals surface area contributed by atoms with Gasteiger partial charge in [-0.3, -0.25) is 0 Å². The SMILES string of the molecule is Cc1cc(C)c(-c2c[c-]c(-c3cc(C(C)C)ccn3)c3sc4ccccc4c23)c(C)c1.[CH3][Ge]([CH3])([CH3])[c]1ccc(-c2[c-]cccc2)nc1.[Ir]. The van der Waals surface area contributed by atoms with Crippen molar-refractivity contribution in [3.05, 3.63) is 138 Å². The molecule has 0 aliphatic rings. The fourth-order valence-corrected chi connectivity index (χ4v) is 9.66. The van der Waals surface area contributed by atoms with E-state index >= 15 is 0 Å². The quantitative estimate of drug-likeness (QED) is 0.127. The first-order chi connectivity index (χ1) is 22.5. The van der Waals surface area contributed by atoms with Gasteiger partial charge in [0, 0.05) is 31.0 Å². The molecule has 3 aromatic heterocycles. The molecule has 0 atom stereocenters. The number of pyridine rings is 2. The monoisotopic (exact) mass is 885 g/mol. The van der Waals surface area contributed by atoms with Gasteiger partial charge in [-0.15, -0.1) is 17.7 Å². The van der Waals surface area contributed by atoms with Crippen LogP contribution in [0.5, 0.6) is 0 Å². The smallest absolute Gasteiger partial charge is 0 e. The summed E-state index contributed by atoms with van der Waals surface area (Å²) in [5.41, 5.74) is 12.0. The van der Waals surface area contributed by atoms with Crippen LogP contribution in [-0.2, 0) is 20.1 Å². The Hall–Kier alpha value is -3.41. The summed E-state index contributed by atoms with van der Waals surface area (Å²) < 4.78 is 4.02. The van der Waals surface area contributed by atoms with Gasteiger partial charge in [-0.05, 0) is 54.6 Å². The Balaban J connectivity index is 0.000000224. The van der Waals surface area contributed by atoms with Gasteiger partial charge < -0.3 is 4.98 Å². The van der Waals surface area contributed by atoms with Gasteiger partial charge in [0.2, 0.25) is 0 Å². The molecular weight excluding hydrogens is 841 g/mol. The van der Waals surface area contributed by atoms with Crippen molar-refractivity contribution < 1.29 is 20.1 Å². The number of aryl methyl sites for hydroxylation is 3. The van der Waals surface area contributed by atoms with E-state index in [0.29, 0.717) is 5.92 Å². The molecule has 0 aliphatic heterocycles. The predicted octanol–water partition coefficient (Wildman–Crippen LogP) is 11.7. The van der Waals surface area contributed by atoms with Crippen molar-refractivity contribution >= 4 is 49.2 Å². The maximum Gasteiger partial charge on any atom is 0 e. The van der Waals surface area contributed by atoms with E-state index in [1.54, 1.807) is 0 Å². The van der Waals surface area contributed by atoms with Gasteiger partial charge in [0.15, 0.2) is 0 Å². The second-order valence-corrected chi connectivity index (χ2v) is 25.4. The van der Waals surface area contributed by atoms with Crippen LogP contribution in [0.3, 0.4) is 0 Å². The summed E-state index contributed by atoms with van der Waals surface area (Å²) in [5, 5.41) is 2.63. The summed E-state index contributed by atoms with van der Waals surface area (Å²) in [6.45, 7) is 11.1. The molecule has 4 aromatic carbocycles. The van der Waals surface area contributed by atoms with Crippen LogP contribution in [0.2, 0.25) is 17.3 Å². The largest absolute Gasteiger partial charge is 0 e. The van der Waals surface area contributed by atoms with Crippen LogP contribution in [0.25, 0.3) is 53.8 Å². The van der Waals surface area contributed by atoms with Gasteiger partial charge in [-0.2, -0.15) is 11.3 Å². The molecule has 3 heterocycles. The zero-order valence-corrected chi connectivity index (χ0v) is 34.3. The molecule has 245 valence electrons. The van der Waals surface area contributed by atoms with Crippen LogP contribution in [0.15, 0.2) is 103 Å². The van der Waals surface area contributed by atoms with Crippen molar-refractivity contribution in [3.8, 4) is 33.6 Å². The van der Waals surface area contributed by atoms with Crippen molar-refractivity contribution in [1.29, 1.82) is 0 Å². The van der Waals surface area contributed by atoms with Crippen LogP contribution in [0.4, 0.5) is 0 Å². The van der Waals surface area contributed by atoms with Crippen LogP contribution < -0.4 is 4.40 Å². The molecule has 0 bridgehead atoms. The fourth-order valence-electron chi connectivity index (χ4n) is 6.26. The minimum absolute atomic E-state index is 0. The number of nitrogens with zero attached hydrogens (tertiary/aromatic N) is 2. The Morgan fingerprint density at radius 3 is 2.15 bits per heavy atom. The third-order valence-corrected chi connectivity index (χ3v) is 14.2. The van der Waals surface area contributed by atoms with Crippen molar-refractivity contribution in [1.82, 2.24) is 9.97 Å². The van der Waals surface area contributed by atoms with E-state index < -0.39 is 13.3 Å². The van der Waals surface area contributed by atoms with Gasteiger partial charge in [0.05, 0.1) is 0 Å². The average Bonchev–Trinajstić information content (AvgIpc) is 3.45. The molecule has 0 fully saturated rings. The summed E-state index contributed by atoms with van der Waals surface area (Å²) >= 11 is 0.134. The molecule has 1 radical (unpaired) electrons. The third kappa shape index (κ3) is 7.58. The molecule has 0 saturated heterocycles. The van der Waals surface area contributed by atoms with E-state index in [-0.39, 0.29) is 20.1 Å². The minimum atomic E-state index is -1.72. The number of fused-ring (bicyclic) bond motifs is 3. The van der Waals surface area contributed by atoms with E-state index in [1.165, 1.54) is 57.9 Å². The summed E-state index contributed by atoms with van der Waals surface area (Å²) in [7, 11) is 0. The van der Waals surface area contributed by atoms with Crippen molar-refractivity contribution in [2.75, 3.05) is 0 Å².